The lowest BCUT2D eigenvalue weighted by Crippen LogP contribution is -2.17. The van der Waals surface area contributed by atoms with Gasteiger partial charge in [0.25, 0.3) is 6.01 Å². The predicted molar refractivity (Wildman–Crippen MR) is 92.9 cm³/mol. The van der Waals surface area contributed by atoms with Gasteiger partial charge in [-0.2, -0.15) is 4.39 Å². The number of rotatable bonds is 6. The molecule has 1 atom stereocenters. The van der Waals surface area contributed by atoms with E-state index in [0.29, 0.717) is 20.3 Å². The largest absolute Gasteiger partial charge is 0.493 e. The van der Waals surface area contributed by atoms with Crippen LogP contribution in [0, 0.1) is 11.9 Å². The van der Waals surface area contributed by atoms with Gasteiger partial charge in [-0.05, 0) is 13.0 Å². The van der Waals surface area contributed by atoms with E-state index in [1.807, 2.05) is 0 Å². The molecule has 2 aromatic heterocycles. The number of esters is 1. The summed E-state index contributed by atoms with van der Waals surface area (Å²) in [4.78, 5) is 24.7. The van der Waals surface area contributed by atoms with E-state index in [2.05, 4.69) is 0 Å². The van der Waals surface area contributed by atoms with Crippen molar-refractivity contribution in [3.05, 3.63) is 29.1 Å². The third-order valence-electron chi connectivity index (χ3n) is 3.80. The number of halogens is 1. The van der Waals surface area contributed by atoms with E-state index in [0.717, 1.165) is 17.4 Å². The molecule has 25 heavy (non-hydrogen) atoms. The van der Waals surface area contributed by atoms with Gasteiger partial charge in [0.15, 0.2) is 17.1 Å². The quantitative estimate of drug-likeness (QED) is 0.472. The summed E-state index contributed by atoms with van der Waals surface area (Å²) in [7, 11) is -2.74. The number of furan rings is 1. The summed E-state index contributed by atoms with van der Waals surface area (Å²) in [6, 6.07) is 3.21. The van der Waals surface area contributed by atoms with Gasteiger partial charge in [0.05, 0.1) is 28.6 Å². The molecule has 0 amide bonds. The fourth-order valence-corrected chi connectivity index (χ4v) is 3.67. The smallest absolute Gasteiger partial charge is 0.309 e. The predicted octanol–water partition coefficient (Wildman–Crippen LogP) is 4.57. The molecule has 0 saturated carbocycles. The van der Waals surface area contributed by atoms with E-state index >= 15 is 0 Å². The van der Waals surface area contributed by atoms with Crippen molar-refractivity contribution in [1.29, 1.82) is 0 Å². The zero-order valence-electron chi connectivity index (χ0n) is 16.6. The van der Waals surface area contributed by atoms with Gasteiger partial charge < -0.3 is 13.9 Å². The Morgan fingerprint density at radius 2 is 2.16 bits per heavy atom. The van der Waals surface area contributed by atoms with Crippen molar-refractivity contribution < 1.29 is 32.0 Å². The van der Waals surface area contributed by atoms with Crippen LogP contribution in [0.5, 0.6) is 5.75 Å². The SMILES string of the molecule is [2H]C([2H])([2H])Oc1cc2sc(C(=O)CC(C)C(=O)OCC)cc2c2cc(F)oc12. The second kappa shape index (κ2) is 6.84. The van der Waals surface area contributed by atoms with Crippen LogP contribution in [-0.4, -0.2) is 25.4 Å². The van der Waals surface area contributed by atoms with E-state index in [1.165, 1.54) is 6.07 Å². The van der Waals surface area contributed by atoms with Crippen LogP contribution in [0.1, 0.15) is 34.1 Å². The number of benzene rings is 1. The van der Waals surface area contributed by atoms with Crippen LogP contribution in [0.25, 0.3) is 21.1 Å². The molecule has 132 valence electrons. The summed E-state index contributed by atoms with van der Waals surface area (Å²) in [6.07, 6.45) is -0.0345. The average Bonchev–Trinajstić information content (AvgIpc) is 3.16. The molecule has 3 rings (SSSR count). The highest BCUT2D eigenvalue weighted by Gasteiger charge is 2.22. The van der Waals surface area contributed by atoms with E-state index < -0.39 is 24.9 Å². The van der Waals surface area contributed by atoms with Gasteiger partial charge >= 0.3 is 5.97 Å². The molecule has 0 N–H and O–H groups in total. The molecule has 0 spiro atoms. The molecule has 1 aromatic carbocycles. The number of ether oxygens (including phenoxy) is 2. The monoisotopic (exact) mass is 367 g/mol. The first-order valence-corrected chi connectivity index (χ1v) is 8.45. The summed E-state index contributed by atoms with van der Waals surface area (Å²) in [5.74, 6) is -1.45. The number of methoxy groups -OCH3 is 1. The number of Topliss-reactive ketones (excluding diaryl/α,β-unsaturated/α-hetero) is 1. The number of hydrogen-bond donors (Lipinski definition) is 0. The molecule has 5 nitrogen and oxygen atoms in total. The minimum Gasteiger partial charge on any atom is -0.493 e. The van der Waals surface area contributed by atoms with Crippen molar-refractivity contribution in [1.82, 2.24) is 0 Å². The van der Waals surface area contributed by atoms with Crippen LogP contribution in [0.15, 0.2) is 22.6 Å². The maximum atomic E-state index is 13.7. The molecule has 0 radical (unpaired) electrons. The van der Waals surface area contributed by atoms with Gasteiger partial charge in [-0.1, -0.05) is 6.92 Å². The summed E-state index contributed by atoms with van der Waals surface area (Å²) in [5, 5.41) is 0.848. The van der Waals surface area contributed by atoms with Gasteiger partial charge in [0.2, 0.25) is 0 Å². The Hall–Kier alpha value is -2.41. The second-order valence-corrected chi connectivity index (χ2v) is 6.66. The van der Waals surface area contributed by atoms with Gasteiger partial charge in [-0.15, -0.1) is 11.3 Å². The van der Waals surface area contributed by atoms with Crippen LogP contribution >= 0.6 is 11.3 Å². The third kappa shape index (κ3) is 3.24. The second-order valence-electron chi connectivity index (χ2n) is 5.57. The molecule has 0 bridgehead atoms. The molecule has 0 fully saturated rings. The van der Waals surface area contributed by atoms with Crippen LogP contribution < -0.4 is 4.74 Å². The van der Waals surface area contributed by atoms with Crippen LogP contribution in [-0.2, 0) is 9.53 Å². The Morgan fingerprint density at radius 3 is 2.88 bits per heavy atom. The van der Waals surface area contributed by atoms with Crippen LogP contribution in [0.3, 0.4) is 0 Å². The molecular formula is C18H17FO5S. The molecule has 0 aliphatic carbocycles. The standard InChI is InChI=1S/C18H17FO5S/c1-4-23-18(21)9(2)5-12(20)15-6-10-11-7-16(19)24-17(11)13(22-3)8-14(10)25-15/h6-9H,4-5H2,1-3H3/i3D3. The molecule has 0 saturated heterocycles. The lowest BCUT2D eigenvalue weighted by Gasteiger charge is -2.08. The van der Waals surface area contributed by atoms with Gasteiger partial charge in [0, 0.05) is 34.0 Å². The van der Waals surface area contributed by atoms with Crippen molar-refractivity contribution in [3.63, 3.8) is 0 Å². The average molecular weight is 367 g/mol. The van der Waals surface area contributed by atoms with Crippen molar-refractivity contribution in [2.45, 2.75) is 20.3 Å². The van der Waals surface area contributed by atoms with E-state index in [1.54, 1.807) is 19.9 Å². The Kier molecular flexibility index (Phi) is 3.78. The highest BCUT2D eigenvalue weighted by molar-refractivity contribution is 7.21. The molecular weight excluding hydrogens is 347 g/mol. The summed E-state index contributed by atoms with van der Waals surface area (Å²) < 4.78 is 50.8. The normalized spacial score (nSPS) is 14.8. The lowest BCUT2D eigenvalue weighted by molar-refractivity contribution is -0.147. The zero-order chi connectivity index (χ0) is 20.6. The Balaban J connectivity index is 2.00. The summed E-state index contributed by atoms with van der Waals surface area (Å²) in [6.45, 7) is 3.53. The maximum Gasteiger partial charge on any atom is 0.309 e. The number of hydrogen-bond acceptors (Lipinski definition) is 6. The lowest BCUT2D eigenvalue weighted by atomic mass is 10.0. The molecule has 3 aromatic rings. The fraction of sp³-hybridized carbons (Fsp3) is 0.333. The highest BCUT2D eigenvalue weighted by atomic mass is 32.1. The zero-order valence-corrected chi connectivity index (χ0v) is 14.4. The fourth-order valence-electron chi connectivity index (χ4n) is 2.61. The molecule has 0 aliphatic rings. The Labute approximate surface area is 151 Å². The summed E-state index contributed by atoms with van der Waals surface area (Å²) >= 11 is 1.11. The van der Waals surface area contributed by atoms with Crippen molar-refractivity contribution in [3.8, 4) is 5.75 Å². The van der Waals surface area contributed by atoms with E-state index in [9.17, 15) is 14.0 Å². The number of carbonyl (C=O) groups excluding carboxylic acids is 2. The highest BCUT2D eigenvalue weighted by Crippen LogP contribution is 2.39. The number of ketones is 1. The maximum absolute atomic E-state index is 13.7. The Morgan fingerprint density at radius 1 is 1.36 bits per heavy atom. The van der Waals surface area contributed by atoms with Crippen molar-refractivity contribution in [2.24, 2.45) is 5.92 Å². The topological polar surface area (TPSA) is 65.7 Å². The minimum atomic E-state index is -2.74. The van der Waals surface area contributed by atoms with E-state index in [4.69, 9.17) is 18.0 Å². The first-order valence-electron chi connectivity index (χ1n) is 9.13. The third-order valence-corrected chi connectivity index (χ3v) is 4.93. The first-order chi connectivity index (χ1) is 13.1. The van der Waals surface area contributed by atoms with Crippen LogP contribution in [0.2, 0.25) is 0 Å². The number of carbonyl (C=O) groups is 2. The van der Waals surface area contributed by atoms with Gasteiger partial charge in [-0.25, -0.2) is 0 Å². The van der Waals surface area contributed by atoms with Gasteiger partial charge in [0.1, 0.15) is 0 Å². The van der Waals surface area contributed by atoms with Crippen LogP contribution in [0.4, 0.5) is 4.39 Å². The number of fused-ring (bicyclic) bond motifs is 3. The molecule has 7 heteroatoms. The van der Waals surface area contributed by atoms with Crippen molar-refractivity contribution >= 4 is 44.1 Å². The van der Waals surface area contributed by atoms with Crippen molar-refractivity contribution in [2.75, 3.05) is 13.6 Å². The minimum absolute atomic E-state index is 0.0345. The Bertz CT molecular complexity index is 1050. The molecule has 0 aliphatic heterocycles. The van der Waals surface area contributed by atoms with E-state index in [-0.39, 0.29) is 30.1 Å². The molecule has 2 heterocycles. The number of thiophene rings is 1. The molecule has 1 unspecified atom stereocenters. The van der Waals surface area contributed by atoms with Gasteiger partial charge in [-0.3, -0.25) is 9.59 Å². The first kappa shape index (κ1) is 13.8. The summed E-state index contributed by atoms with van der Waals surface area (Å²) in [5.41, 5.74) is -0.0437.